The van der Waals surface area contributed by atoms with Crippen LogP contribution in [0.1, 0.15) is 27.4 Å². The molecule has 10 heteroatoms. The summed E-state index contributed by atoms with van der Waals surface area (Å²) >= 11 is 6.24. The van der Waals surface area contributed by atoms with Crippen LogP contribution in [0.4, 0.5) is 19.0 Å². The third-order valence-electron chi connectivity index (χ3n) is 5.32. The van der Waals surface area contributed by atoms with Gasteiger partial charge in [-0.3, -0.25) is 4.79 Å². The molecular weight excluding hydrogens is 481 g/mol. The van der Waals surface area contributed by atoms with Gasteiger partial charge in [0.2, 0.25) is 0 Å². The predicted molar refractivity (Wildman–Crippen MR) is 127 cm³/mol. The molecule has 4 rings (SSSR count). The first-order valence-corrected chi connectivity index (χ1v) is 11.0. The fourth-order valence-electron chi connectivity index (χ4n) is 3.81. The summed E-state index contributed by atoms with van der Waals surface area (Å²) in [5.41, 5.74) is -0.570. The third kappa shape index (κ3) is 5.19. The van der Waals surface area contributed by atoms with Crippen LogP contribution >= 0.6 is 11.6 Å². The van der Waals surface area contributed by atoms with Crippen molar-refractivity contribution in [3.8, 4) is 5.69 Å². The summed E-state index contributed by atoms with van der Waals surface area (Å²) in [5.74, 6) is 0.0954. The summed E-state index contributed by atoms with van der Waals surface area (Å²) in [7, 11) is 3.26. The maximum absolute atomic E-state index is 14.2. The normalized spacial score (nSPS) is 11.5. The van der Waals surface area contributed by atoms with E-state index in [1.165, 1.54) is 21.9 Å². The van der Waals surface area contributed by atoms with Gasteiger partial charge < -0.3 is 14.2 Å². The molecule has 0 N–H and O–H groups in total. The van der Waals surface area contributed by atoms with E-state index < -0.39 is 17.8 Å². The summed E-state index contributed by atoms with van der Waals surface area (Å²) in [6.45, 7) is -0.433. The lowest BCUT2D eigenvalue weighted by molar-refractivity contribution is -0.142. The minimum Gasteiger partial charge on any atom is -0.467 e. The lowest BCUT2D eigenvalue weighted by Crippen LogP contribution is -2.31. The highest BCUT2D eigenvalue weighted by atomic mass is 35.5. The largest absolute Gasteiger partial charge is 0.467 e. The van der Waals surface area contributed by atoms with E-state index in [0.717, 1.165) is 0 Å². The first-order valence-electron chi connectivity index (χ1n) is 10.6. The number of hydrogen-bond acceptors (Lipinski definition) is 4. The molecule has 0 unspecified atom stereocenters. The molecule has 0 atom stereocenters. The number of rotatable bonds is 7. The standard InChI is InChI=1S/C25H22ClF3N4O2/c1-31(2)23-20(22(25(27,28)29)30-33(23)17-9-4-3-5-10-17)16-32(15-18-11-8-14-35-18)24(34)19-12-6-7-13-21(19)26/h3-14H,15-16H2,1-2H3. The number of nitrogens with zero attached hydrogens (tertiary/aromatic N) is 4. The molecule has 2 aromatic heterocycles. The zero-order chi connectivity index (χ0) is 25.2. The summed E-state index contributed by atoms with van der Waals surface area (Å²) in [6.07, 6.45) is -3.31. The fraction of sp³-hybridized carbons (Fsp3) is 0.200. The summed E-state index contributed by atoms with van der Waals surface area (Å²) in [6, 6.07) is 18.2. The van der Waals surface area contributed by atoms with Gasteiger partial charge in [0.05, 0.1) is 35.6 Å². The number of anilines is 1. The highest BCUT2D eigenvalue weighted by Crippen LogP contribution is 2.38. The molecule has 0 aliphatic rings. The van der Waals surface area contributed by atoms with E-state index in [2.05, 4.69) is 5.10 Å². The molecule has 6 nitrogen and oxygen atoms in total. The number of benzene rings is 2. The van der Waals surface area contributed by atoms with Gasteiger partial charge in [0.15, 0.2) is 5.69 Å². The van der Waals surface area contributed by atoms with Gasteiger partial charge in [-0.15, -0.1) is 0 Å². The van der Waals surface area contributed by atoms with Crippen molar-refractivity contribution in [3.05, 3.63) is 101 Å². The topological polar surface area (TPSA) is 54.5 Å². The lowest BCUT2D eigenvalue weighted by Gasteiger charge is -2.25. The number of carbonyl (C=O) groups is 1. The van der Waals surface area contributed by atoms with Gasteiger partial charge in [0.25, 0.3) is 5.91 Å². The molecule has 2 heterocycles. The van der Waals surface area contributed by atoms with Gasteiger partial charge in [-0.1, -0.05) is 41.9 Å². The Hall–Kier alpha value is -3.72. The first-order chi connectivity index (χ1) is 16.7. The molecule has 182 valence electrons. The Balaban J connectivity index is 1.86. The van der Waals surface area contributed by atoms with Crippen LogP contribution < -0.4 is 4.90 Å². The van der Waals surface area contributed by atoms with Gasteiger partial charge >= 0.3 is 6.18 Å². The summed E-state index contributed by atoms with van der Waals surface area (Å²) < 4.78 is 49.2. The van der Waals surface area contributed by atoms with E-state index >= 15 is 0 Å². The number of para-hydroxylation sites is 1. The molecule has 35 heavy (non-hydrogen) atoms. The molecule has 0 radical (unpaired) electrons. The molecule has 0 bridgehead atoms. The fourth-order valence-corrected chi connectivity index (χ4v) is 4.03. The predicted octanol–water partition coefficient (Wildman–Crippen LogP) is 6.05. The quantitative estimate of drug-likeness (QED) is 0.309. The van der Waals surface area contributed by atoms with E-state index in [-0.39, 0.29) is 35.1 Å². The molecule has 0 saturated heterocycles. The maximum Gasteiger partial charge on any atom is 0.435 e. The highest BCUT2D eigenvalue weighted by Gasteiger charge is 2.41. The zero-order valence-corrected chi connectivity index (χ0v) is 19.7. The third-order valence-corrected chi connectivity index (χ3v) is 5.65. The molecule has 2 aromatic carbocycles. The Bertz CT molecular complexity index is 1300. The zero-order valence-electron chi connectivity index (χ0n) is 19.0. The average Bonchev–Trinajstić information content (AvgIpc) is 3.47. The molecular formula is C25H22ClF3N4O2. The van der Waals surface area contributed by atoms with Crippen LogP contribution in [0, 0.1) is 0 Å². The average molecular weight is 503 g/mol. The van der Waals surface area contributed by atoms with Gasteiger partial charge in [0.1, 0.15) is 11.6 Å². The SMILES string of the molecule is CN(C)c1c(CN(Cc2ccco2)C(=O)c2ccccc2Cl)c(C(F)(F)F)nn1-c1ccccc1. The van der Waals surface area contributed by atoms with Gasteiger partial charge in [-0.2, -0.15) is 18.3 Å². The molecule has 4 aromatic rings. The number of halogens is 4. The first kappa shape index (κ1) is 24.4. The number of aromatic nitrogens is 2. The molecule has 1 amide bonds. The molecule has 0 fully saturated rings. The Morgan fingerprint density at radius 2 is 1.69 bits per heavy atom. The Kier molecular flexibility index (Phi) is 6.88. The number of carbonyl (C=O) groups excluding carboxylic acids is 1. The van der Waals surface area contributed by atoms with Crippen LogP contribution in [0.5, 0.6) is 0 Å². The summed E-state index contributed by atoms with van der Waals surface area (Å²) in [5, 5.41) is 4.13. The van der Waals surface area contributed by atoms with E-state index in [1.807, 2.05) is 0 Å². The highest BCUT2D eigenvalue weighted by molar-refractivity contribution is 6.33. The lowest BCUT2D eigenvalue weighted by atomic mass is 10.1. The molecule has 0 aliphatic heterocycles. The summed E-state index contributed by atoms with van der Waals surface area (Å²) in [4.78, 5) is 16.3. The number of alkyl halides is 3. The monoisotopic (exact) mass is 502 g/mol. The van der Waals surface area contributed by atoms with Gasteiger partial charge in [-0.25, -0.2) is 4.68 Å². The number of amides is 1. The van der Waals surface area contributed by atoms with Gasteiger partial charge in [-0.05, 0) is 36.4 Å². The number of furan rings is 1. The van der Waals surface area contributed by atoms with Crippen LogP contribution in [0.15, 0.2) is 77.4 Å². The van der Waals surface area contributed by atoms with E-state index in [4.69, 9.17) is 16.0 Å². The second-order valence-electron chi connectivity index (χ2n) is 8.01. The smallest absolute Gasteiger partial charge is 0.435 e. The van der Waals surface area contributed by atoms with Crippen molar-refractivity contribution in [2.45, 2.75) is 19.3 Å². The Morgan fingerprint density at radius 1 is 1.00 bits per heavy atom. The van der Waals surface area contributed by atoms with Crippen molar-refractivity contribution < 1.29 is 22.4 Å². The van der Waals surface area contributed by atoms with Gasteiger partial charge in [0, 0.05) is 19.7 Å². The van der Waals surface area contributed by atoms with Crippen molar-refractivity contribution in [1.82, 2.24) is 14.7 Å². The molecule has 0 aliphatic carbocycles. The minimum atomic E-state index is -4.75. The van der Waals surface area contributed by atoms with Crippen LogP contribution in [0.25, 0.3) is 5.69 Å². The van der Waals surface area contributed by atoms with Crippen molar-refractivity contribution in [3.63, 3.8) is 0 Å². The van der Waals surface area contributed by atoms with E-state index in [9.17, 15) is 18.0 Å². The Morgan fingerprint density at radius 3 is 2.29 bits per heavy atom. The van der Waals surface area contributed by atoms with Crippen LogP contribution in [-0.2, 0) is 19.3 Å². The van der Waals surface area contributed by atoms with Crippen LogP contribution in [0.2, 0.25) is 5.02 Å². The maximum atomic E-state index is 14.2. The van der Waals surface area contributed by atoms with Crippen molar-refractivity contribution in [1.29, 1.82) is 0 Å². The second kappa shape index (κ2) is 9.87. The minimum absolute atomic E-state index is 0.0578. The number of hydrogen-bond donors (Lipinski definition) is 0. The Labute approximate surface area is 205 Å². The van der Waals surface area contributed by atoms with E-state index in [1.54, 1.807) is 79.7 Å². The van der Waals surface area contributed by atoms with Crippen LogP contribution in [0.3, 0.4) is 0 Å². The van der Waals surface area contributed by atoms with E-state index in [0.29, 0.717) is 11.4 Å². The molecule has 0 spiro atoms. The van der Waals surface area contributed by atoms with Crippen LogP contribution in [-0.4, -0.2) is 34.7 Å². The second-order valence-corrected chi connectivity index (χ2v) is 8.42. The van der Waals surface area contributed by atoms with Crippen molar-refractivity contribution in [2.24, 2.45) is 0 Å². The van der Waals surface area contributed by atoms with Crippen molar-refractivity contribution in [2.75, 3.05) is 19.0 Å². The van der Waals surface area contributed by atoms with Crippen molar-refractivity contribution >= 4 is 23.3 Å². The molecule has 0 saturated carbocycles.